The highest BCUT2D eigenvalue weighted by molar-refractivity contribution is 5.52. The zero-order valence-corrected chi connectivity index (χ0v) is 9.34. The van der Waals surface area contributed by atoms with Crippen LogP contribution < -0.4 is 10.5 Å². The topological polar surface area (TPSA) is 55.5 Å². The van der Waals surface area contributed by atoms with Crippen LogP contribution in [0.4, 0.5) is 13.2 Å². The van der Waals surface area contributed by atoms with E-state index >= 15 is 0 Å². The summed E-state index contributed by atoms with van der Waals surface area (Å²) in [5.74, 6) is -0.997. The normalized spacial score (nSPS) is 11.6. The van der Waals surface area contributed by atoms with Crippen molar-refractivity contribution in [1.82, 2.24) is 0 Å². The van der Waals surface area contributed by atoms with Gasteiger partial charge in [0.15, 0.2) is 11.5 Å². The standard InChI is InChI=1S/C11H14F3NO2/c1-17-10-8(11(12,13)14)5-4-7(9(10)16)3-2-6-15/h4-5,16H,2-3,6,15H2,1H3. The third kappa shape index (κ3) is 3.03. The number of hydrogen-bond acceptors (Lipinski definition) is 3. The Bertz CT molecular complexity index is 391. The number of ether oxygens (including phenoxy) is 1. The van der Waals surface area contributed by atoms with Gasteiger partial charge in [0, 0.05) is 0 Å². The van der Waals surface area contributed by atoms with E-state index in [1.807, 2.05) is 0 Å². The van der Waals surface area contributed by atoms with Crippen molar-refractivity contribution in [3.8, 4) is 11.5 Å². The summed E-state index contributed by atoms with van der Waals surface area (Å²) < 4.78 is 42.4. The van der Waals surface area contributed by atoms with Crippen LogP contribution in [0.5, 0.6) is 11.5 Å². The Kier molecular flexibility index (Phi) is 4.22. The maximum Gasteiger partial charge on any atom is 0.420 e. The molecule has 0 heterocycles. The summed E-state index contributed by atoms with van der Waals surface area (Å²) >= 11 is 0. The largest absolute Gasteiger partial charge is 0.504 e. The number of phenols is 1. The van der Waals surface area contributed by atoms with Gasteiger partial charge in [-0.15, -0.1) is 0 Å². The second-order valence-corrected chi connectivity index (χ2v) is 3.54. The molecule has 0 saturated heterocycles. The quantitative estimate of drug-likeness (QED) is 0.860. The minimum Gasteiger partial charge on any atom is -0.504 e. The first-order chi connectivity index (χ1) is 7.91. The van der Waals surface area contributed by atoms with Crippen LogP contribution in [0, 0.1) is 0 Å². The van der Waals surface area contributed by atoms with Crippen molar-refractivity contribution in [3.63, 3.8) is 0 Å². The summed E-state index contributed by atoms with van der Waals surface area (Å²) in [5.41, 5.74) is 4.73. The predicted molar refractivity (Wildman–Crippen MR) is 57.0 cm³/mol. The molecular formula is C11H14F3NO2. The molecule has 1 rings (SSSR count). The summed E-state index contributed by atoms with van der Waals surface area (Å²) in [5, 5.41) is 9.69. The molecule has 0 saturated carbocycles. The van der Waals surface area contributed by atoms with E-state index in [0.717, 1.165) is 13.2 Å². The Morgan fingerprint density at radius 3 is 2.47 bits per heavy atom. The Labute approximate surface area is 97.0 Å². The number of methoxy groups -OCH3 is 1. The van der Waals surface area contributed by atoms with Gasteiger partial charge in [-0.2, -0.15) is 13.2 Å². The summed E-state index contributed by atoms with van der Waals surface area (Å²) in [6, 6.07) is 2.15. The van der Waals surface area contributed by atoms with Gasteiger partial charge in [0.2, 0.25) is 0 Å². The number of phenolic OH excluding ortho intramolecular Hbond substituents is 1. The molecule has 0 aliphatic rings. The van der Waals surface area contributed by atoms with Crippen molar-refractivity contribution in [2.45, 2.75) is 19.0 Å². The van der Waals surface area contributed by atoms with Gasteiger partial charge >= 0.3 is 6.18 Å². The predicted octanol–water partition coefficient (Wildman–Crippen LogP) is 2.31. The maximum atomic E-state index is 12.6. The van der Waals surface area contributed by atoms with E-state index < -0.39 is 23.2 Å². The van der Waals surface area contributed by atoms with Gasteiger partial charge in [0.05, 0.1) is 7.11 Å². The van der Waals surface area contributed by atoms with Crippen LogP contribution in [0.3, 0.4) is 0 Å². The third-order valence-corrected chi connectivity index (χ3v) is 2.37. The van der Waals surface area contributed by atoms with E-state index in [9.17, 15) is 18.3 Å². The van der Waals surface area contributed by atoms with Gasteiger partial charge in [0.25, 0.3) is 0 Å². The van der Waals surface area contributed by atoms with Crippen LogP contribution in [0.2, 0.25) is 0 Å². The molecule has 0 aromatic heterocycles. The first-order valence-electron chi connectivity index (χ1n) is 5.08. The molecule has 0 radical (unpaired) electrons. The molecule has 96 valence electrons. The van der Waals surface area contributed by atoms with Crippen LogP contribution in [0.15, 0.2) is 12.1 Å². The number of benzene rings is 1. The van der Waals surface area contributed by atoms with Gasteiger partial charge in [-0.1, -0.05) is 6.07 Å². The fraction of sp³-hybridized carbons (Fsp3) is 0.455. The SMILES string of the molecule is COc1c(C(F)(F)F)ccc(CCCN)c1O. The van der Waals surface area contributed by atoms with E-state index in [2.05, 4.69) is 4.74 Å². The van der Waals surface area contributed by atoms with Gasteiger partial charge in [-0.05, 0) is 31.0 Å². The van der Waals surface area contributed by atoms with Crippen LogP contribution in [-0.2, 0) is 12.6 Å². The Morgan fingerprint density at radius 1 is 1.35 bits per heavy atom. The van der Waals surface area contributed by atoms with Gasteiger partial charge < -0.3 is 15.6 Å². The summed E-state index contributed by atoms with van der Waals surface area (Å²) in [4.78, 5) is 0. The highest BCUT2D eigenvalue weighted by atomic mass is 19.4. The second-order valence-electron chi connectivity index (χ2n) is 3.54. The first-order valence-corrected chi connectivity index (χ1v) is 5.08. The zero-order chi connectivity index (χ0) is 13.1. The van der Waals surface area contributed by atoms with Crippen molar-refractivity contribution in [2.75, 3.05) is 13.7 Å². The van der Waals surface area contributed by atoms with Crippen molar-refractivity contribution in [2.24, 2.45) is 5.73 Å². The minimum absolute atomic E-state index is 0.403. The number of halogens is 3. The zero-order valence-electron chi connectivity index (χ0n) is 9.34. The number of alkyl halides is 3. The van der Waals surface area contributed by atoms with Crippen LogP contribution in [-0.4, -0.2) is 18.8 Å². The number of hydrogen-bond donors (Lipinski definition) is 2. The number of nitrogens with two attached hydrogens (primary N) is 1. The fourth-order valence-corrected chi connectivity index (χ4v) is 1.54. The lowest BCUT2D eigenvalue weighted by molar-refractivity contribution is -0.138. The van der Waals surface area contributed by atoms with Crippen molar-refractivity contribution in [3.05, 3.63) is 23.3 Å². The highest BCUT2D eigenvalue weighted by Crippen LogP contribution is 2.42. The van der Waals surface area contributed by atoms with E-state index in [-0.39, 0.29) is 0 Å². The Balaban J connectivity index is 3.18. The number of aryl methyl sites for hydroxylation is 1. The van der Waals surface area contributed by atoms with Crippen molar-refractivity contribution >= 4 is 0 Å². The molecule has 17 heavy (non-hydrogen) atoms. The van der Waals surface area contributed by atoms with Crippen molar-refractivity contribution < 1.29 is 23.0 Å². The lowest BCUT2D eigenvalue weighted by Gasteiger charge is -2.15. The minimum atomic E-state index is -4.55. The average Bonchev–Trinajstić information content (AvgIpc) is 2.25. The van der Waals surface area contributed by atoms with E-state index in [1.165, 1.54) is 6.07 Å². The smallest absolute Gasteiger partial charge is 0.420 e. The lowest BCUT2D eigenvalue weighted by atomic mass is 10.0. The van der Waals surface area contributed by atoms with Gasteiger partial charge in [-0.25, -0.2) is 0 Å². The van der Waals surface area contributed by atoms with Gasteiger partial charge in [0.1, 0.15) is 5.56 Å². The molecule has 0 aliphatic carbocycles. The molecule has 0 aliphatic heterocycles. The van der Waals surface area contributed by atoms with Gasteiger partial charge in [-0.3, -0.25) is 0 Å². The molecule has 6 heteroatoms. The van der Waals surface area contributed by atoms with Crippen LogP contribution in [0.25, 0.3) is 0 Å². The molecule has 1 aromatic rings. The van der Waals surface area contributed by atoms with Crippen LogP contribution in [0.1, 0.15) is 17.5 Å². The Hall–Kier alpha value is -1.43. The molecule has 3 nitrogen and oxygen atoms in total. The summed E-state index contributed by atoms with van der Waals surface area (Å²) in [6.07, 6.45) is -3.55. The lowest BCUT2D eigenvalue weighted by Crippen LogP contribution is -2.08. The van der Waals surface area contributed by atoms with E-state index in [0.29, 0.717) is 24.9 Å². The maximum absolute atomic E-state index is 12.6. The fourth-order valence-electron chi connectivity index (χ4n) is 1.54. The molecular weight excluding hydrogens is 235 g/mol. The molecule has 0 atom stereocenters. The monoisotopic (exact) mass is 249 g/mol. The van der Waals surface area contributed by atoms with E-state index in [1.54, 1.807) is 0 Å². The van der Waals surface area contributed by atoms with E-state index in [4.69, 9.17) is 5.73 Å². The highest BCUT2D eigenvalue weighted by Gasteiger charge is 2.36. The molecule has 0 bridgehead atoms. The molecule has 3 N–H and O–H groups in total. The second kappa shape index (κ2) is 5.27. The van der Waals surface area contributed by atoms with Crippen molar-refractivity contribution in [1.29, 1.82) is 0 Å². The Morgan fingerprint density at radius 2 is 2.00 bits per heavy atom. The van der Waals surface area contributed by atoms with Crippen LogP contribution >= 0.6 is 0 Å². The molecule has 0 amide bonds. The number of aromatic hydroxyl groups is 1. The number of rotatable bonds is 4. The summed E-state index contributed by atoms with van der Waals surface area (Å²) in [6.45, 7) is 0.406. The molecule has 0 spiro atoms. The third-order valence-electron chi connectivity index (χ3n) is 2.37. The first kappa shape index (κ1) is 13.6. The average molecular weight is 249 g/mol. The molecule has 0 unspecified atom stereocenters. The molecule has 0 fully saturated rings. The molecule has 1 aromatic carbocycles. The summed E-state index contributed by atoms with van der Waals surface area (Å²) in [7, 11) is 1.09.